The third-order valence-electron chi connectivity index (χ3n) is 3.22. The number of rotatable bonds is 0. The van der Waals surface area contributed by atoms with E-state index in [1.165, 1.54) is 31.1 Å². The molecule has 2 unspecified atom stereocenters. The van der Waals surface area contributed by atoms with Gasteiger partial charge in [0.05, 0.1) is 0 Å². The Labute approximate surface area is 90.1 Å². The van der Waals surface area contributed by atoms with Crippen molar-refractivity contribution in [1.82, 2.24) is 0 Å². The molecule has 0 aromatic carbocycles. The van der Waals surface area contributed by atoms with Gasteiger partial charge in [0.1, 0.15) is 0 Å². The molecule has 0 aliphatic heterocycles. The molecule has 0 aromatic rings. The van der Waals surface area contributed by atoms with Crippen molar-refractivity contribution in [3.8, 4) is 0 Å². The van der Waals surface area contributed by atoms with Crippen LogP contribution in [0.25, 0.3) is 0 Å². The van der Waals surface area contributed by atoms with Crippen LogP contribution in [0, 0.1) is 22.7 Å². The summed E-state index contributed by atoms with van der Waals surface area (Å²) in [5.74, 6) is 2.33. The summed E-state index contributed by atoms with van der Waals surface area (Å²) >= 11 is 0. The van der Waals surface area contributed by atoms with Gasteiger partial charge in [0.25, 0.3) is 0 Å². The number of nitrogens with one attached hydrogen (secondary N) is 2. The van der Waals surface area contributed by atoms with Crippen molar-refractivity contribution < 1.29 is 9.59 Å². The second-order valence-corrected chi connectivity index (χ2v) is 3.94. The lowest BCUT2D eigenvalue weighted by Crippen LogP contribution is -2.12. The van der Waals surface area contributed by atoms with Crippen LogP contribution >= 0.6 is 0 Å². The molecule has 0 bridgehead atoms. The van der Waals surface area contributed by atoms with Crippen LogP contribution in [0.1, 0.15) is 44.9 Å². The zero-order valence-corrected chi connectivity index (χ0v) is 8.92. The Morgan fingerprint density at radius 1 is 0.733 bits per heavy atom. The first kappa shape index (κ1) is 13.8. The van der Waals surface area contributed by atoms with Gasteiger partial charge in [-0.05, 0) is 11.8 Å². The largest absolute Gasteiger partial charge is 0.231 e. The van der Waals surface area contributed by atoms with Gasteiger partial charge >= 0.3 is 0 Å². The Morgan fingerprint density at radius 3 is 1.33 bits per heavy atom. The summed E-state index contributed by atoms with van der Waals surface area (Å²) in [6, 6.07) is 0. The quantitative estimate of drug-likeness (QED) is 0.476. The van der Waals surface area contributed by atoms with Crippen molar-refractivity contribution in [2.45, 2.75) is 44.9 Å². The molecule has 4 heteroatoms. The first-order chi connectivity index (χ1) is 7.29. The van der Waals surface area contributed by atoms with Crippen LogP contribution in [0.3, 0.4) is 0 Å². The third kappa shape index (κ3) is 5.95. The first-order valence-corrected chi connectivity index (χ1v) is 5.37. The monoisotopic (exact) mass is 210 g/mol. The minimum atomic E-state index is 0.750. The molecule has 0 heterocycles. The van der Waals surface area contributed by atoms with Gasteiger partial charge in [0.15, 0.2) is 0 Å². The maximum absolute atomic E-state index is 8.35. The minimum Gasteiger partial charge on any atom is -0.222 e. The molecule has 2 rings (SSSR count). The summed E-state index contributed by atoms with van der Waals surface area (Å²) in [7, 11) is 0. The van der Waals surface area contributed by atoms with Crippen molar-refractivity contribution in [3.63, 3.8) is 0 Å². The van der Waals surface area contributed by atoms with Crippen LogP contribution < -0.4 is 0 Å². The molecule has 84 valence electrons. The molecule has 0 aromatic heterocycles. The summed E-state index contributed by atoms with van der Waals surface area (Å²) in [6.07, 6.45) is 12.3. The zero-order chi connectivity index (χ0) is 11.5. The van der Waals surface area contributed by atoms with E-state index in [2.05, 4.69) is 0 Å². The van der Waals surface area contributed by atoms with Gasteiger partial charge in [-0.3, -0.25) is 0 Å². The summed E-state index contributed by atoms with van der Waals surface area (Å²) < 4.78 is 0. The standard InChI is InChI=1S/C9H16.2CHNO/c1-2-5-9-7-3-6-8(9)4-1;2*2-1-3/h8-9H,1-7H2;2*2H. The molecular weight excluding hydrogens is 192 g/mol. The second-order valence-electron chi connectivity index (χ2n) is 3.94. The third-order valence-corrected chi connectivity index (χ3v) is 3.22. The summed E-state index contributed by atoms with van der Waals surface area (Å²) in [4.78, 5) is 16.7. The Balaban J connectivity index is 0.000000280. The highest BCUT2D eigenvalue weighted by Crippen LogP contribution is 2.41. The van der Waals surface area contributed by atoms with Crippen LogP contribution in [0.2, 0.25) is 0 Å². The topological polar surface area (TPSA) is 81.8 Å². The molecule has 2 fully saturated rings. The zero-order valence-electron chi connectivity index (χ0n) is 8.92. The Hall–Kier alpha value is -1.24. The number of hydrogen-bond donors (Lipinski definition) is 2. The van der Waals surface area contributed by atoms with Gasteiger partial charge in [-0.1, -0.05) is 44.9 Å². The van der Waals surface area contributed by atoms with E-state index in [9.17, 15) is 0 Å². The van der Waals surface area contributed by atoms with Gasteiger partial charge in [0, 0.05) is 0 Å². The van der Waals surface area contributed by atoms with Gasteiger partial charge < -0.3 is 0 Å². The normalized spacial score (nSPS) is 26.7. The predicted molar refractivity (Wildman–Crippen MR) is 56.1 cm³/mol. The van der Waals surface area contributed by atoms with Crippen LogP contribution in [0.4, 0.5) is 0 Å². The SMILES string of the molecule is C1CCC2CCCC2C1.N=C=O.N=C=O. The fourth-order valence-corrected chi connectivity index (χ4v) is 2.69. The maximum atomic E-state index is 8.35. The Bertz CT molecular complexity index is 205. The maximum Gasteiger partial charge on any atom is 0.231 e. The molecule has 2 atom stereocenters. The van der Waals surface area contributed by atoms with E-state index in [-0.39, 0.29) is 0 Å². The molecule has 2 N–H and O–H groups in total. The smallest absolute Gasteiger partial charge is 0.222 e. The lowest BCUT2D eigenvalue weighted by Gasteiger charge is -2.24. The van der Waals surface area contributed by atoms with E-state index in [4.69, 9.17) is 20.4 Å². The number of isocyanates is 2. The summed E-state index contributed by atoms with van der Waals surface area (Å²) in [6.45, 7) is 0. The highest BCUT2D eigenvalue weighted by Gasteiger charge is 2.28. The van der Waals surface area contributed by atoms with Crippen molar-refractivity contribution in [3.05, 3.63) is 0 Å². The molecule has 2 aliphatic rings. The molecule has 15 heavy (non-hydrogen) atoms. The molecule has 0 radical (unpaired) electrons. The van der Waals surface area contributed by atoms with Gasteiger partial charge in [-0.2, -0.15) is 0 Å². The van der Waals surface area contributed by atoms with Crippen molar-refractivity contribution in [2.24, 2.45) is 11.8 Å². The lowest BCUT2D eigenvalue weighted by atomic mass is 9.82. The van der Waals surface area contributed by atoms with Crippen LogP contribution in [-0.2, 0) is 9.59 Å². The molecule has 2 saturated carbocycles. The van der Waals surface area contributed by atoms with Crippen LogP contribution in [0.15, 0.2) is 0 Å². The average molecular weight is 210 g/mol. The van der Waals surface area contributed by atoms with Crippen molar-refractivity contribution in [2.75, 3.05) is 0 Å². The van der Waals surface area contributed by atoms with Crippen molar-refractivity contribution in [1.29, 1.82) is 10.8 Å². The van der Waals surface area contributed by atoms with E-state index in [0.29, 0.717) is 0 Å². The Morgan fingerprint density at radius 2 is 1.00 bits per heavy atom. The van der Waals surface area contributed by atoms with Gasteiger partial charge in [0.2, 0.25) is 12.2 Å². The van der Waals surface area contributed by atoms with E-state index < -0.39 is 0 Å². The van der Waals surface area contributed by atoms with E-state index in [1.54, 1.807) is 25.7 Å². The molecule has 2 aliphatic carbocycles. The minimum absolute atomic E-state index is 0.750. The number of fused-ring (bicyclic) bond motifs is 1. The summed E-state index contributed by atoms with van der Waals surface area (Å²) in [5.41, 5.74) is 0. The highest BCUT2D eigenvalue weighted by atomic mass is 16.1. The predicted octanol–water partition coefficient (Wildman–Crippen LogP) is 2.78. The fraction of sp³-hybridized carbons (Fsp3) is 0.818. The fourth-order valence-electron chi connectivity index (χ4n) is 2.69. The van der Waals surface area contributed by atoms with E-state index in [1.807, 2.05) is 0 Å². The molecule has 0 spiro atoms. The second kappa shape index (κ2) is 9.32. The molecule has 4 nitrogen and oxygen atoms in total. The Kier molecular flexibility index (Phi) is 8.55. The van der Waals surface area contributed by atoms with Gasteiger partial charge in [-0.15, -0.1) is 0 Å². The first-order valence-electron chi connectivity index (χ1n) is 5.37. The highest BCUT2D eigenvalue weighted by molar-refractivity contribution is 5.26. The lowest BCUT2D eigenvalue weighted by molar-refractivity contribution is 0.277. The van der Waals surface area contributed by atoms with E-state index >= 15 is 0 Å². The molecule has 0 amide bonds. The molecular formula is C11H18N2O2. The van der Waals surface area contributed by atoms with E-state index in [0.717, 1.165) is 12.2 Å². The van der Waals surface area contributed by atoms with Gasteiger partial charge in [-0.25, -0.2) is 20.4 Å². The van der Waals surface area contributed by atoms with Crippen molar-refractivity contribution >= 4 is 12.2 Å². The number of hydrogen-bond acceptors (Lipinski definition) is 4. The number of carbonyl (C=O) groups excluding carboxylic acids is 2. The van der Waals surface area contributed by atoms with Crippen LogP contribution in [-0.4, -0.2) is 12.2 Å². The summed E-state index contributed by atoms with van der Waals surface area (Å²) in [5, 5.41) is 10.8. The van der Waals surface area contributed by atoms with Crippen LogP contribution in [0.5, 0.6) is 0 Å². The average Bonchev–Trinajstić information content (AvgIpc) is 2.67. The molecule has 0 saturated heterocycles.